The molecule has 68 heavy (non-hydrogen) atoms. The van der Waals surface area contributed by atoms with Gasteiger partial charge in [-0.2, -0.15) is 26.3 Å². The molecule has 0 saturated carbocycles. The van der Waals surface area contributed by atoms with E-state index in [9.17, 15) is 50.6 Å². The van der Waals surface area contributed by atoms with Crippen molar-refractivity contribution in [2.24, 2.45) is 0 Å². The summed E-state index contributed by atoms with van der Waals surface area (Å²) in [6.45, 7) is 1.56. The lowest BCUT2D eigenvalue weighted by molar-refractivity contribution is -0.144. The molecule has 4 aromatic carbocycles. The summed E-state index contributed by atoms with van der Waals surface area (Å²) in [6.07, 6.45) is -4.42. The first kappa shape index (κ1) is 48.2. The fourth-order valence-electron chi connectivity index (χ4n) is 7.33. The lowest BCUT2D eigenvalue weighted by Gasteiger charge is -2.15. The number of aromatic nitrogens is 4. The van der Waals surface area contributed by atoms with Crippen molar-refractivity contribution in [3.8, 4) is 11.5 Å². The zero-order valence-corrected chi connectivity index (χ0v) is 36.6. The molecule has 348 valence electrons. The van der Waals surface area contributed by atoms with Crippen molar-refractivity contribution in [1.29, 1.82) is 0 Å². The van der Waals surface area contributed by atoms with E-state index in [0.717, 1.165) is 15.2 Å². The van der Waals surface area contributed by atoms with Crippen molar-refractivity contribution in [3.05, 3.63) is 178 Å². The largest absolute Gasteiger partial charge is 0.508 e. The summed E-state index contributed by atoms with van der Waals surface area (Å²) in [7, 11) is 0. The topological polar surface area (TPSA) is 157 Å². The number of amides is 2. The molecule has 3 N–H and O–H groups in total. The maximum atomic E-state index is 14.4. The number of ether oxygens (including phenoxy) is 1. The number of benzene rings is 4. The van der Waals surface area contributed by atoms with Crippen LogP contribution in [-0.4, -0.2) is 54.2 Å². The van der Waals surface area contributed by atoms with Crippen LogP contribution in [0.25, 0.3) is 21.8 Å². The number of hydrogen-bond acceptors (Lipinski definition) is 8. The molecule has 4 heterocycles. The van der Waals surface area contributed by atoms with Gasteiger partial charge in [-0.1, -0.05) is 47.5 Å². The quantitative estimate of drug-likeness (QED) is 0.0620. The zero-order valence-electron chi connectivity index (χ0n) is 35.1. The molecule has 20 heteroatoms. The minimum Gasteiger partial charge on any atom is -0.508 e. The monoisotopic (exact) mass is 974 g/mol. The first-order valence-corrected chi connectivity index (χ1v) is 20.9. The number of Topliss-reactive ketones (excluding diaryl/α,β-unsaturated/α-hetero) is 2. The van der Waals surface area contributed by atoms with Crippen LogP contribution in [0.5, 0.6) is 11.5 Å². The Labute approximate surface area is 391 Å². The predicted molar refractivity (Wildman–Crippen MR) is 242 cm³/mol. The van der Waals surface area contributed by atoms with E-state index in [1.807, 2.05) is 0 Å². The summed E-state index contributed by atoms with van der Waals surface area (Å²) in [5.41, 5.74) is -2.45. The number of nitrogens with one attached hydrogen (secondary N) is 2. The molecule has 0 fully saturated rings. The number of anilines is 2. The molecule has 0 aliphatic rings. The fourth-order valence-corrected chi connectivity index (χ4v) is 7.58. The third kappa shape index (κ3) is 10.8. The summed E-state index contributed by atoms with van der Waals surface area (Å²) in [5.74, 6) is -5.22. The van der Waals surface area contributed by atoms with E-state index in [2.05, 4.69) is 20.6 Å². The van der Waals surface area contributed by atoms with Gasteiger partial charge in [0.1, 0.15) is 22.9 Å². The molecule has 0 saturated heterocycles. The van der Waals surface area contributed by atoms with E-state index >= 15 is 0 Å². The van der Waals surface area contributed by atoms with Gasteiger partial charge in [-0.3, -0.25) is 29.1 Å². The van der Waals surface area contributed by atoms with Crippen LogP contribution in [0.2, 0.25) is 10.0 Å². The Bertz CT molecular complexity index is 3160. The number of nitrogens with zero attached hydrogens (tertiary/aromatic N) is 4. The van der Waals surface area contributed by atoms with Crippen LogP contribution in [0.1, 0.15) is 50.2 Å². The molecule has 8 aromatic rings. The SMILES string of the molecule is CCOc1ccc2c(c1)c(C(=O)C(=O)Nc1ccncc1)c(C(F)(F)F)n2Cc1ccc(Cl)cc1.O=C(Nc1ccncc1)C(=O)c1c(C(F)(F)F)n(Cc2ccc(Cl)cc2)c2ccc(O)cc12. The normalized spacial score (nSPS) is 11.5. The molecular weight excluding hydrogens is 941 g/mol. The molecule has 0 bridgehead atoms. The number of phenolic OH excluding ortho intramolecular Hbond substituents is 1. The minimum atomic E-state index is -4.97. The number of aromatic hydroxyl groups is 1. The number of fused-ring (bicyclic) bond motifs is 2. The van der Waals surface area contributed by atoms with Gasteiger partial charge in [0, 0.05) is 81.1 Å². The highest BCUT2D eigenvalue weighted by molar-refractivity contribution is 6.49. The number of carbonyl (C=O) groups is 4. The third-order valence-electron chi connectivity index (χ3n) is 10.2. The summed E-state index contributed by atoms with van der Waals surface area (Å²) in [5, 5.41) is 15.2. The zero-order chi connectivity index (χ0) is 48.9. The molecule has 0 aliphatic carbocycles. The maximum Gasteiger partial charge on any atom is 0.432 e. The average molecular weight is 976 g/mol. The summed E-state index contributed by atoms with van der Waals surface area (Å²) >= 11 is 11.8. The molecular formula is C48H34Cl2F6N6O6. The van der Waals surface area contributed by atoms with Gasteiger partial charge < -0.3 is 29.6 Å². The number of alkyl halides is 6. The molecule has 2 amide bonds. The van der Waals surface area contributed by atoms with Crippen molar-refractivity contribution in [2.45, 2.75) is 32.4 Å². The number of hydrogen-bond donors (Lipinski definition) is 3. The number of pyridine rings is 2. The minimum absolute atomic E-state index is 0.0351. The first-order valence-electron chi connectivity index (χ1n) is 20.1. The van der Waals surface area contributed by atoms with Gasteiger partial charge in [-0.15, -0.1) is 0 Å². The Balaban J connectivity index is 0.000000202. The number of rotatable bonds is 12. The van der Waals surface area contributed by atoms with Crippen LogP contribution >= 0.6 is 23.2 Å². The Morgan fingerprint density at radius 3 is 1.38 bits per heavy atom. The predicted octanol–water partition coefficient (Wildman–Crippen LogP) is 11.3. The maximum absolute atomic E-state index is 14.4. The highest BCUT2D eigenvalue weighted by atomic mass is 35.5. The van der Waals surface area contributed by atoms with E-state index in [-0.39, 0.29) is 64.4 Å². The smallest absolute Gasteiger partial charge is 0.432 e. The molecule has 12 nitrogen and oxygen atoms in total. The van der Waals surface area contributed by atoms with Gasteiger partial charge in [0.25, 0.3) is 23.4 Å². The van der Waals surface area contributed by atoms with Crippen molar-refractivity contribution >= 4 is 79.8 Å². The van der Waals surface area contributed by atoms with Crippen LogP contribution in [-0.2, 0) is 35.0 Å². The van der Waals surface area contributed by atoms with E-state index in [1.165, 1.54) is 91.5 Å². The van der Waals surface area contributed by atoms with E-state index in [0.29, 0.717) is 21.2 Å². The lowest BCUT2D eigenvalue weighted by atomic mass is 10.0. The summed E-state index contributed by atoms with van der Waals surface area (Å²) < 4.78 is 93.5. The highest BCUT2D eigenvalue weighted by Crippen LogP contribution is 2.42. The highest BCUT2D eigenvalue weighted by Gasteiger charge is 2.44. The number of phenols is 1. The van der Waals surface area contributed by atoms with Crippen LogP contribution in [0.15, 0.2) is 134 Å². The number of carbonyl (C=O) groups excluding carboxylic acids is 4. The summed E-state index contributed by atoms with van der Waals surface area (Å²) in [6, 6.07) is 26.0. The van der Waals surface area contributed by atoms with E-state index < -0.39 is 58.2 Å². The van der Waals surface area contributed by atoms with Gasteiger partial charge in [0.2, 0.25) is 0 Å². The third-order valence-corrected chi connectivity index (χ3v) is 10.7. The molecule has 4 aromatic heterocycles. The van der Waals surface area contributed by atoms with Gasteiger partial charge in [0.05, 0.1) is 17.7 Å². The van der Waals surface area contributed by atoms with Crippen LogP contribution < -0.4 is 15.4 Å². The second kappa shape index (κ2) is 20.0. The Morgan fingerprint density at radius 2 is 0.985 bits per heavy atom. The van der Waals surface area contributed by atoms with Gasteiger partial charge in [-0.25, -0.2) is 0 Å². The van der Waals surface area contributed by atoms with Crippen molar-refractivity contribution in [2.75, 3.05) is 17.2 Å². The Morgan fingerprint density at radius 1 is 0.588 bits per heavy atom. The number of ketones is 2. The lowest BCUT2D eigenvalue weighted by Crippen LogP contribution is -2.26. The summed E-state index contributed by atoms with van der Waals surface area (Å²) in [4.78, 5) is 59.1. The van der Waals surface area contributed by atoms with Gasteiger partial charge >= 0.3 is 12.4 Å². The molecule has 0 spiro atoms. The van der Waals surface area contributed by atoms with Crippen molar-refractivity contribution in [1.82, 2.24) is 19.1 Å². The van der Waals surface area contributed by atoms with Crippen LogP contribution in [0, 0.1) is 0 Å². The molecule has 0 radical (unpaired) electrons. The van der Waals surface area contributed by atoms with E-state index in [1.54, 1.807) is 43.3 Å². The molecule has 0 aliphatic heterocycles. The Kier molecular flexibility index (Phi) is 14.2. The van der Waals surface area contributed by atoms with E-state index in [4.69, 9.17) is 27.9 Å². The first-order chi connectivity index (χ1) is 32.3. The number of halogens is 8. The fraction of sp³-hybridized carbons (Fsp3) is 0.125. The molecule has 0 unspecified atom stereocenters. The van der Waals surface area contributed by atoms with Crippen LogP contribution in [0.3, 0.4) is 0 Å². The van der Waals surface area contributed by atoms with Crippen molar-refractivity contribution < 1.29 is 55.4 Å². The molecule has 8 rings (SSSR count). The second-order valence-corrected chi connectivity index (χ2v) is 15.6. The van der Waals surface area contributed by atoms with Gasteiger partial charge in [0.15, 0.2) is 0 Å². The molecule has 0 atom stereocenters. The Hall–Kier alpha value is -7.70. The average Bonchev–Trinajstić information content (AvgIpc) is 3.80. The van der Waals surface area contributed by atoms with Gasteiger partial charge in [-0.05, 0) is 103 Å². The standard InChI is InChI=1S/C25H19ClF3N3O3.C23H15ClF3N3O3/c1-2-35-18-7-8-20-19(13-18)21(22(33)24(34)31-17-9-11-30-12-10-17)23(25(27,28)29)32(20)14-15-3-5-16(26)6-4-15;24-14-3-1-13(2-4-14)12-30-18-6-5-16(31)11-17(18)19(21(30)23(25,26)27)20(32)22(33)29-15-7-9-28-10-8-15/h3-13H,2,14H2,1H3,(H,30,31,34);1-11,31H,12H2,(H,28,29,33). The van der Waals surface area contributed by atoms with Crippen molar-refractivity contribution in [3.63, 3.8) is 0 Å². The van der Waals surface area contributed by atoms with Crippen LogP contribution in [0.4, 0.5) is 37.7 Å². The second-order valence-electron chi connectivity index (χ2n) is 14.7.